The molecule has 1 aliphatic carbocycles. The molecule has 3 atom stereocenters. The lowest BCUT2D eigenvalue weighted by Gasteiger charge is -2.31. The van der Waals surface area contributed by atoms with Crippen molar-refractivity contribution >= 4 is 5.91 Å². The topological polar surface area (TPSA) is 79.0 Å². The van der Waals surface area contributed by atoms with Gasteiger partial charge in [-0.05, 0) is 45.7 Å². The first-order valence-electron chi connectivity index (χ1n) is 8.68. The Balaban J connectivity index is 1.72. The predicted octanol–water partition coefficient (Wildman–Crippen LogP) is 1.19. The molecule has 1 aliphatic heterocycles. The van der Waals surface area contributed by atoms with E-state index < -0.39 is 6.10 Å². The number of aliphatic hydroxyl groups excluding tert-OH is 1. The SMILES string of the molecule is COCc1c(C(=O)N(C)[C@@H]2CC[C@@H](N3CCCC3)[C@@H]2O)noc1C. The predicted molar refractivity (Wildman–Crippen MR) is 87.7 cm³/mol. The molecule has 2 aliphatic rings. The number of hydrogen-bond donors (Lipinski definition) is 1. The molecule has 1 N–H and O–H groups in total. The van der Waals surface area contributed by atoms with Crippen LogP contribution < -0.4 is 0 Å². The highest BCUT2D eigenvalue weighted by Crippen LogP contribution is 2.31. The standard InChI is InChI=1S/C17H27N3O4/c1-11-12(10-23-3)15(18-24-11)17(22)19(2)13-6-7-14(16(13)21)20-8-4-5-9-20/h13-14,16,21H,4-10H2,1-3H3/t13-,14-,16-/m1/s1. The molecule has 1 amide bonds. The molecule has 1 aromatic rings. The normalized spacial score (nSPS) is 27.8. The van der Waals surface area contributed by atoms with Gasteiger partial charge in [0, 0.05) is 20.2 Å². The number of carbonyl (C=O) groups is 1. The summed E-state index contributed by atoms with van der Waals surface area (Å²) in [6, 6.07) is -0.0271. The van der Waals surface area contributed by atoms with Gasteiger partial charge in [-0.15, -0.1) is 0 Å². The van der Waals surface area contributed by atoms with Gasteiger partial charge in [0.1, 0.15) is 5.76 Å². The maximum atomic E-state index is 12.8. The summed E-state index contributed by atoms with van der Waals surface area (Å²) in [6.45, 7) is 4.15. The number of likely N-dealkylation sites (tertiary alicyclic amines) is 1. The first kappa shape index (κ1) is 17.4. The summed E-state index contributed by atoms with van der Waals surface area (Å²) in [5.41, 5.74) is 0.964. The molecule has 0 spiro atoms. The van der Waals surface area contributed by atoms with E-state index in [9.17, 15) is 9.90 Å². The van der Waals surface area contributed by atoms with Crippen molar-refractivity contribution in [2.24, 2.45) is 0 Å². The van der Waals surface area contributed by atoms with E-state index in [1.807, 2.05) is 0 Å². The van der Waals surface area contributed by atoms with E-state index in [1.54, 1.807) is 26.0 Å². The van der Waals surface area contributed by atoms with Crippen LogP contribution in [0.4, 0.5) is 0 Å². The second-order valence-corrected chi connectivity index (χ2v) is 6.86. The molecule has 1 aromatic heterocycles. The third kappa shape index (κ3) is 3.08. The van der Waals surface area contributed by atoms with Gasteiger partial charge in [-0.1, -0.05) is 5.16 Å². The smallest absolute Gasteiger partial charge is 0.276 e. The van der Waals surface area contributed by atoms with E-state index >= 15 is 0 Å². The number of hydrogen-bond acceptors (Lipinski definition) is 6. The highest BCUT2D eigenvalue weighted by atomic mass is 16.5. The zero-order valence-electron chi connectivity index (χ0n) is 14.7. The molecule has 0 bridgehead atoms. The summed E-state index contributed by atoms with van der Waals surface area (Å²) in [6.07, 6.45) is 3.60. The van der Waals surface area contributed by atoms with Crippen LogP contribution in [-0.4, -0.2) is 71.4 Å². The lowest BCUT2D eigenvalue weighted by Crippen LogP contribution is -2.48. The second kappa shape index (κ2) is 7.21. The van der Waals surface area contributed by atoms with Gasteiger partial charge in [0.05, 0.1) is 24.3 Å². The van der Waals surface area contributed by atoms with Crippen LogP contribution in [-0.2, 0) is 11.3 Å². The summed E-state index contributed by atoms with van der Waals surface area (Å²) in [5, 5.41) is 14.7. The van der Waals surface area contributed by atoms with E-state index in [0.29, 0.717) is 11.3 Å². The minimum Gasteiger partial charge on any atom is -0.389 e. The number of aliphatic hydroxyl groups is 1. The number of aromatic nitrogens is 1. The van der Waals surface area contributed by atoms with E-state index in [0.717, 1.165) is 25.9 Å². The van der Waals surface area contributed by atoms with Crippen molar-refractivity contribution in [3.8, 4) is 0 Å². The fraction of sp³-hybridized carbons (Fsp3) is 0.765. The number of likely N-dealkylation sites (N-methyl/N-ethyl adjacent to an activating group) is 1. The summed E-state index contributed by atoms with van der Waals surface area (Å²) >= 11 is 0. The third-order valence-electron chi connectivity index (χ3n) is 5.45. The number of nitrogens with zero attached hydrogens (tertiary/aromatic N) is 3. The Morgan fingerprint density at radius 2 is 2.12 bits per heavy atom. The Bertz CT molecular complexity index is 582. The Labute approximate surface area is 142 Å². The molecule has 2 heterocycles. The second-order valence-electron chi connectivity index (χ2n) is 6.86. The molecule has 0 unspecified atom stereocenters. The molecule has 2 fully saturated rings. The van der Waals surface area contributed by atoms with E-state index in [2.05, 4.69) is 10.1 Å². The van der Waals surface area contributed by atoms with Gasteiger partial charge in [0.15, 0.2) is 5.69 Å². The minimum absolute atomic E-state index is 0.158. The molecule has 1 saturated carbocycles. The number of rotatable bonds is 5. The molecular weight excluding hydrogens is 310 g/mol. The van der Waals surface area contributed by atoms with Crippen LogP contribution in [0.3, 0.4) is 0 Å². The molecule has 0 radical (unpaired) electrons. The molecule has 7 heteroatoms. The summed E-state index contributed by atoms with van der Waals surface area (Å²) in [5.74, 6) is 0.375. The monoisotopic (exact) mass is 337 g/mol. The van der Waals surface area contributed by atoms with Gasteiger partial charge < -0.3 is 19.3 Å². The Kier molecular flexibility index (Phi) is 5.22. The molecule has 3 rings (SSSR count). The summed E-state index contributed by atoms with van der Waals surface area (Å²) in [7, 11) is 3.31. The Morgan fingerprint density at radius 1 is 1.42 bits per heavy atom. The highest BCUT2D eigenvalue weighted by molar-refractivity contribution is 5.93. The van der Waals surface area contributed by atoms with Gasteiger partial charge in [0.25, 0.3) is 5.91 Å². The van der Waals surface area contributed by atoms with Crippen LogP contribution in [0.25, 0.3) is 0 Å². The average Bonchev–Trinajstić information content (AvgIpc) is 3.28. The largest absolute Gasteiger partial charge is 0.389 e. The maximum Gasteiger partial charge on any atom is 0.276 e. The average molecular weight is 337 g/mol. The van der Waals surface area contributed by atoms with Gasteiger partial charge >= 0.3 is 0 Å². The fourth-order valence-electron chi connectivity index (χ4n) is 4.03. The van der Waals surface area contributed by atoms with Gasteiger partial charge in [-0.25, -0.2) is 0 Å². The number of aryl methyl sites for hydroxylation is 1. The van der Waals surface area contributed by atoms with Crippen LogP contribution in [0.15, 0.2) is 4.52 Å². The first-order chi connectivity index (χ1) is 11.5. The zero-order valence-corrected chi connectivity index (χ0v) is 14.7. The minimum atomic E-state index is -0.518. The van der Waals surface area contributed by atoms with Gasteiger partial charge in [0.2, 0.25) is 0 Å². The van der Waals surface area contributed by atoms with Crippen molar-refractivity contribution in [3.05, 3.63) is 17.0 Å². The van der Waals surface area contributed by atoms with Crippen LogP contribution in [0.5, 0.6) is 0 Å². The molecule has 7 nitrogen and oxygen atoms in total. The first-order valence-corrected chi connectivity index (χ1v) is 8.68. The molecular formula is C17H27N3O4. The van der Waals surface area contributed by atoms with E-state index in [-0.39, 0.29) is 30.3 Å². The lowest BCUT2D eigenvalue weighted by molar-refractivity contribution is 0.0289. The number of methoxy groups -OCH3 is 1. The number of ether oxygens (including phenoxy) is 1. The highest BCUT2D eigenvalue weighted by Gasteiger charge is 2.42. The maximum absolute atomic E-state index is 12.8. The van der Waals surface area contributed by atoms with Crippen molar-refractivity contribution in [3.63, 3.8) is 0 Å². The Morgan fingerprint density at radius 3 is 2.79 bits per heavy atom. The third-order valence-corrected chi connectivity index (χ3v) is 5.45. The van der Waals surface area contributed by atoms with Gasteiger partial charge in [-0.3, -0.25) is 9.69 Å². The van der Waals surface area contributed by atoms with Crippen LogP contribution in [0.2, 0.25) is 0 Å². The van der Waals surface area contributed by atoms with Crippen molar-refractivity contribution in [1.29, 1.82) is 0 Å². The zero-order chi connectivity index (χ0) is 17.3. The van der Waals surface area contributed by atoms with Crippen LogP contribution in [0, 0.1) is 6.92 Å². The van der Waals surface area contributed by atoms with Gasteiger partial charge in [-0.2, -0.15) is 0 Å². The fourth-order valence-corrected chi connectivity index (χ4v) is 4.03. The molecule has 24 heavy (non-hydrogen) atoms. The number of amides is 1. The van der Waals surface area contributed by atoms with Crippen molar-refractivity contribution in [2.45, 2.75) is 57.4 Å². The lowest BCUT2D eigenvalue weighted by atomic mass is 10.1. The van der Waals surface area contributed by atoms with E-state index in [4.69, 9.17) is 9.26 Å². The molecule has 0 aromatic carbocycles. The summed E-state index contributed by atoms with van der Waals surface area (Å²) < 4.78 is 10.3. The Hall–Kier alpha value is -1.44. The number of carbonyl (C=O) groups excluding carboxylic acids is 1. The van der Waals surface area contributed by atoms with Crippen molar-refractivity contribution in [1.82, 2.24) is 15.0 Å². The van der Waals surface area contributed by atoms with E-state index in [1.165, 1.54) is 12.8 Å². The molecule has 1 saturated heterocycles. The molecule has 134 valence electrons. The van der Waals surface area contributed by atoms with Crippen molar-refractivity contribution < 1.29 is 19.2 Å². The summed E-state index contributed by atoms with van der Waals surface area (Å²) in [4.78, 5) is 16.8. The quantitative estimate of drug-likeness (QED) is 0.869. The van der Waals surface area contributed by atoms with Crippen LogP contribution >= 0.6 is 0 Å². The van der Waals surface area contributed by atoms with Crippen LogP contribution in [0.1, 0.15) is 47.5 Å². The van der Waals surface area contributed by atoms with Crippen molar-refractivity contribution in [2.75, 3.05) is 27.2 Å².